The Morgan fingerprint density at radius 3 is 2.57 bits per heavy atom. The van der Waals surface area contributed by atoms with Crippen molar-refractivity contribution in [1.82, 2.24) is 4.90 Å². The summed E-state index contributed by atoms with van der Waals surface area (Å²) in [6.45, 7) is 3.32. The van der Waals surface area contributed by atoms with Crippen molar-refractivity contribution in [3.8, 4) is 0 Å². The van der Waals surface area contributed by atoms with Crippen LogP contribution in [-0.2, 0) is 0 Å². The number of nitrogens with zero attached hydrogens (tertiary/aromatic N) is 1. The minimum absolute atomic E-state index is 0.667. The normalized spacial score (nSPS) is 32.0. The predicted molar refractivity (Wildman–Crippen MR) is 31.2 cm³/mol. The Balaban J connectivity index is 2.45. The van der Waals surface area contributed by atoms with Crippen molar-refractivity contribution >= 4 is 0 Å². The Morgan fingerprint density at radius 1 is 1.71 bits per heavy atom. The smallest absolute Gasteiger partial charge is 0.0250 e. The Bertz CT molecular complexity index is 86.2. The van der Waals surface area contributed by atoms with Crippen LogP contribution in [0.15, 0.2) is 12.2 Å². The molecule has 1 heteroatoms. The Hall–Kier alpha value is -0.300. The first-order valence-electron chi connectivity index (χ1n) is 2.67. The van der Waals surface area contributed by atoms with Crippen LogP contribution >= 0.6 is 0 Å². The topological polar surface area (TPSA) is 3.24 Å². The van der Waals surface area contributed by atoms with Crippen LogP contribution in [0.5, 0.6) is 0 Å². The Kier molecular flexibility index (Phi) is 1.15. The SMILES string of the molecule is C[C@H]1C=CCN1C. The van der Waals surface area contributed by atoms with E-state index in [0.29, 0.717) is 6.04 Å². The van der Waals surface area contributed by atoms with Crippen molar-refractivity contribution in [2.24, 2.45) is 0 Å². The van der Waals surface area contributed by atoms with Gasteiger partial charge in [-0.15, -0.1) is 0 Å². The van der Waals surface area contributed by atoms with Crippen molar-refractivity contribution in [1.29, 1.82) is 0 Å². The molecule has 1 rings (SSSR count). The van der Waals surface area contributed by atoms with E-state index >= 15 is 0 Å². The van der Waals surface area contributed by atoms with E-state index < -0.39 is 0 Å². The first-order valence-corrected chi connectivity index (χ1v) is 2.67. The second-order valence-electron chi connectivity index (χ2n) is 2.11. The van der Waals surface area contributed by atoms with E-state index in [0.717, 1.165) is 6.54 Å². The Labute approximate surface area is 44.6 Å². The lowest BCUT2D eigenvalue weighted by molar-refractivity contribution is 0.352. The maximum Gasteiger partial charge on any atom is 0.0250 e. The lowest BCUT2D eigenvalue weighted by atomic mass is 10.3. The van der Waals surface area contributed by atoms with Crippen LogP contribution in [0.25, 0.3) is 0 Å². The molecule has 1 aliphatic rings. The van der Waals surface area contributed by atoms with Crippen molar-refractivity contribution < 1.29 is 0 Å². The van der Waals surface area contributed by atoms with Gasteiger partial charge in [0.15, 0.2) is 0 Å². The van der Waals surface area contributed by atoms with Gasteiger partial charge in [-0.25, -0.2) is 0 Å². The highest BCUT2D eigenvalue weighted by Gasteiger charge is 2.07. The molecule has 0 aromatic heterocycles. The lowest BCUT2D eigenvalue weighted by Gasteiger charge is -2.12. The molecule has 0 spiro atoms. The first kappa shape index (κ1) is 4.85. The zero-order valence-electron chi connectivity index (χ0n) is 4.89. The maximum atomic E-state index is 2.29. The molecule has 0 saturated carbocycles. The van der Waals surface area contributed by atoms with Crippen LogP contribution in [0.3, 0.4) is 0 Å². The molecule has 0 amide bonds. The zero-order chi connectivity index (χ0) is 5.28. The summed E-state index contributed by atoms with van der Waals surface area (Å²) in [7, 11) is 2.13. The summed E-state index contributed by atoms with van der Waals surface area (Å²) in [5, 5.41) is 0. The van der Waals surface area contributed by atoms with Crippen LogP contribution < -0.4 is 0 Å². The molecule has 0 bridgehead atoms. The molecule has 1 atom stereocenters. The molecule has 40 valence electrons. The van der Waals surface area contributed by atoms with Gasteiger partial charge in [0.25, 0.3) is 0 Å². The summed E-state index contributed by atoms with van der Waals surface area (Å²) in [4.78, 5) is 2.29. The van der Waals surface area contributed by atoms with Crippen molar-refractivity contribution in [3.63, 3.8) is 0 Å². The van der Waals surface area contributed by atoms with Crippen molar-refractivity contribution in [2.45, 2.75) is 13.0 Å². The highest BCUT2D eigenvalue weighted by atomic mass is 15.1. The number of hydrogen-bond acceptors (Lipinski definition) is 1. The van der Waals surface area contributed by atoms with Gasteiger partial charge in [0.2, 0.25) is 0 Å². The summed E-state index contributed by atoms with van der Waals surface area (Å²) >= 11 is 0. The fraction of sp³-hybridized carbons (Fsp3) is 0.667. The van der Waals surface area contributed by atoms with Gasteiger partial charge in [0, 0.05) is 12.6 Å². The molecule has 0 aromatic carbocycles. The fourth-order valence-corrected chi connectivity index (χ4v) is 0.737. The van der Waals surface area contributed by atoms with E-state index in [1.54, 1.807) is 0 Å². The van der Waals surface area contributed by atoms with Gasteiger partial charge < -0.3 is 0 Å². The standard InChI is InChI=1S/C6H11N/c1-6-4-3-5-7(6)2/h3-4,6H,5H2,1-2H3/t6-/m0/s1. The molecule has 1 heterocycles. The molecular formula is C6H11N. The first-order chi connectivity index (χ1) is 3.30. The largest absolute Gasteiger partial charge is 0.297 e. The highest BCUT2D eigenvalue weighted by molar-refractivity contribution is 5.00. The quantitative estimate of drug-likeness (QED) is 0.405. The molecule has 0 unspecified atom stereocenters. The number of hydrogen-bond donors (Lipinski definition) is 0. The van der Waals surface area contributed by atoms with Crippen molar-refractivity contribution in [2.75, 3.05) is 13.6 Å². The van der Waals surface area contributed by atoms with Gasteiger partial charge in [0.05, 0.1) is 0 Å². The average Bonchev–Trinajstić information content (AvgIpc) is 1.91. The summed E-state index contributed by atoms with van der Waals surface area (Å²) in [5.41, 5.74) is 0. The molecule has 0 aromatic rings. The lowest BCUT2D eigenvalue weighted by Crippen LogP contribution is -2.21. The fourth-order valence-electron chi connectivity index (χ4n) is 0.737. The Morgan fingerprint density at radius 2 is 2.43 bits per heavy atom. The number of likely N-dealkylation sites (N-methyl/N-ethyl adjacent to an activating group) is 1. The molecule has 0 saturated heterocycles. The second kappa shape index (κ2) is 1.66. The van der Waals surface area contributed by atoms with Gasteiger partial charge in [-0.3, -0.25) is 4.90 Å². The monoisotopic (exact) mass is 97.1 g/mol. The van der Waals surface area contributed by atoms with E-state index in [4.69, 9.17) is 0 Å². The summed E-state index contributed by atoms with van der Waals surface area (Å²) in [5.74, 6) is 0. The average molecular weight is 97.2 g/mol. The van der Waals surface area contributed by atoms with Crippen molar-refractivity contribution in [3.05, 3.63) is 12.2 Å². The van der Waals surface area contributed by atoms with Crippen LogP contribution in [0, 0.1) is 0 Å². The van der Waals surface area contributed by atoms with E-state index in [1.165, 1.54) is 0 Å². The van der Waals surface area contributed by atoms with E-state index in [-0.39, 0.29) is 0 Å². The molecule has 0 radical (unpaired) electrons. The maximum absolute atomic E-state index is 2.29. The summed E-state index contributed by atoms with van der Waals surface area (Å²) in [6.07, 6.45) is 4.42. The molecule has 1 aliphatic heterocycles. The van der Waals surface area contributed by atoms with E-state index in [1.807, 2.05) is 0 Å². The van der Waals surface area contributed by atoms with Gasteiger partial charge in [-0.05, 0) is 14.0 Å². The van der Waals surface area contributed by atoms with Crippen LogP contribution in [0.1, 0.15) is 6.92 Å². The zero-order valence-corrected chi connectivity index (χ0v) is 4.89. The third-order valence-electron chi connectivity index (χ3n) is 1.50. The minimum atomic E-state index is 0.667. The highest BCUT2D eigenvalue weighted by Crippen LogP contribution is 2.03. The summed E-state index contributed by atoms with van der Waals surface area (Å²) in [6, 6.07) is 0.667. The van der Waals surface area contributed by atoms with Gasteiger partial charge >= 0.3 is 0 Å². The molecular weight excluding hydrogens is 86.1 g/mol. The van der Waals surface area contributed by atoms with Gasteiger partial charge in [-0.1, -0.05) is 12.2 Å². The van der Waals surface area contributed by atoms with Crippen LogP contribution in [0.4, 0.5) is 0 Å². The summed E-state index contributed by atoms with van der Waals surface area (Å²) < 4.78 is 0. The van der Waals surface area contributed by atoms with Crippen LogP contribution in [0.2, 0.25) is 0 Å². The molecule has 7 heavy (non-hydrogen) atoms. The van der Waals surface area contributed by atoms with Crippen LogP contribution in [-0.4, -0.2) is 24.5 Å². The van der Waals surface area contributed by atoms with Gasteiger partial charge in [-0.2, -0.15) is 0 Å². The second-order valence-corrected chi connectivity index (χ2v) is 2.11. The predicted octanol–water partition coefficient (Wildman–Crippen LogP) is 0.876. The number of rotatable bonds is 0. The molecule has 0 N–H and O–H groups in total. The van der Waals surface area contributed by atoms with Gasteiger partial charge in [0.1, 0.15) is 0 Å². The third-order valence-corrected chi connectivity index (χ3v) is 1.50. The van der Waals surface area contributed by atoms with E-state index in [2.05, 4.69) is 31.0 Å². The van der Waals surface area contributed by atoms with E-state index in [9.17, 15) is 0 Å². The molecule has 0 aliphatic carbocycles. The third kappa shape index (κ3) is 0.829. The minimum Gasteiger partial charge on any atom is -0.297 e. The molecule has 0 fully saturated rings. The molecule has 1 nitrogen and oxygen atoms in total.